The molecule has 3 heterocycles. The van der Waals surface area contributed by atoms with E-state index in [4.69, 9.17) is 9.47 Å². The van der Waals surface area contributed by atoms with Crippen LogP contribution in [0.5, 0.6) is 11.5 Å². The van der Waals surface area contributed by atoms with Gasteiger partial charge in [-0.25, -0.2) is 9.78 Å². The van der Waals surface area contributed by atoms with Crippen molar-refractivity contribution in [3.63, 3.8) is 0 Å². The smallest absolute Gasteiger partial charge is 0.325 e. The zero-order chi connectivity index (χ0) is 21.1. The second kappa shape index (κ2) is 8.32. The molecule has 1 N–H and O–H groups in total. The fourth-order valence-corrected chi connectivity index (χ4v) is 3.45. The summed E-state index contributed by atoms with van der Waals surface area (Å²) in [4.78, 5) is 32.8. The maximum absolute atomic E-state index is 12.9. The molecule has 1 aromatic carbocycles. The number of nitrogens with one attached hydrogen (secondary N) is 1. The zero-order valence-corrected chi connectivity index (χ0v) is 16.9. The molecule has 1 fully saturated rings. The standard InChI is InChI=1S/C21H23N5O4/c1-29-16-6-7-18(30-2)17(11-16)26-10-9-25(21(26)28)14-20(27)22-12-15-13-24-8-4-3-5-19(24)23-15/h3-8,11,13H,9-10,12,14H2,1-2H3,(H,22,27). The normalized spacial score (nSPS) is 13.7. The van der Waals surface area contributed by atoms with Crippen molar-refractivity contribution in [1.29, 1.82) is 0 Å². The summed E-state index contributed by atoms with van der Waals surface area (Å²) in [6.45, 7) is 1.19. The van der Waals surface area contributed by atoms with E-state index in [-0.39, 0.29) is 18.5 Å². The number of imidazole rings is 1. The number of benzene rings is 1. The molecule has 9 nitrogen and oxygen atoms in total. The van der Waals surface area contributed by atoms with Gasteiger partial charge in [0.25, 0.3) is 0 Å². The first kappa shape index (κ1) is 19.6. The summed E-state index contributed by atoms with van der Waals surface area (Å²) in [5.41, 5.74) is 2.19. The molecule has 2 aromatic heterocycles. The molecular formula is C21H23N5O4. The van der Waals surface area contributed by atoms with Crippen LogP contribution in [-0.2, 0) is 11.3 Å². The van der Waals surface area contributed by atoms with Crippen molar-refractivity contribution in [2.45, 2.75) is 6.54 Å². The fourth-order valence-electron chi connectivity index (χ4n) is 3.45. The van der Waals surface area contributed by atoms with Crippen LogP contribution in [-0.4, -0.2) is 60.1 Å². The summed E-state index contributed by atoms with van der Waals surface area (Å²) < 4.78 is 12.5. The molecule has 0 bridgehead atoms. The van der Waals surface area contributed by atoms with Crippen molar-refractivity contribution in [3.05, 3.63) is 54.5 Å². The van der Waals surface area contributed by atoms with Crippen molar-refractivity contribution in [2.75, 3.05) is 38.8 Å². The number of pyridine rings is 1. The number of hydrogen-bond acceptors (Lipinski definition) is 5. The summed E-state index contributed by atoms with van der Waals surface area (Å²) in [5, 5.41) is 2.83. The van der Waals surface area contributed by atoms with E-state index in [2.05, 4.69) is 10.3 Å². The lowest BCUT2D eigenvalue weighted by Crippen LogP contribution is -2.39. The van der Waals surface area contributed by atoms with E-state index in [1.54, 1.807) is 37.3 Å². The van der Waals surface area contributed by atoms with E-state index in [9.17, 15) is 9.59 Å². The number of aromatic nitrogens is 2. The molecule has 3 aromatic rings. The van der Waals surface area contributed by atoms with Crippen LogP contribution in [0.3, 0.4) is 0 Å². The predicted octanol–water partition coefficient (Wildman–Crippen LogP) is 1.91. The van der Waals surface area contributed by atoms with Crippen molar-refractivity contribution in [1.82, 2.24) is 19.6 Å². The Bertz CT molecular complexity index is 1050. The first-order chi connectivity index (χ1) is 14.6. The number of anilines is 1. The van der Waals surface area contributed by atoms with Crippen molar-refractivity contribution in [2.24, 2.45) is 0 Å². The lowest BCUT2D eigenvalue weighted by atomic mass is 10.2. The average Bonchev–Trinajstić information content (AvgIpc) is 3.35. The number of hydrogen-bond donors (Lipinski definition) is 1. The minimum Gasteiger partial charge on any atom is -0.497 e. The first-order valence-corrected chi connectivity index (χ1v) is 9.57. The molecule has 0 saturated carbocycles. The highest BCUT2D eigenvalue weighted by atomic mass is 16.5. The summed E-state index contributed by atoms with van der Waals surface area (Å²) in [6, 6.07) is 10.8. The maximum atomic E-state index is 12.9. The molecule has 0 spiro atoms. The number of carbonyl (C=O) groups is 2. The molecule has 1 aliphatic heterocycles. The van der Waals surface area contributed by atoms with Crippen LogP contribution < -0.4 is 19.7 Å². The Kier molecular flexibility index (Phi) is 5.42. The Morgan fingerprint density at radius 1 is 1.17 bits per heavy atom. The molecule has 0 atom stereocenters. The molecule has 0 radical (unpaired) electrons. The van der Waals surface area contributed by atoms with Gasteiger partial charge in [0.15, 0.2) is 0 Å². The van der Waals surface area contributed by atoms with Crippen LogP contribution in [0.25, 0.3) is 5.65 Å². The average molecular weight is 409 g/mol. The second-order valence-corrected chi connectivity index (χ2v) is 6.87. The molecule has 4 rings (SSSR count). The Morgan fingerprint density at radius 2 is 2.03 bits per heavy atom. The third-order valence-electron chi connectivity index (χ3n) is 4.99. The van der Waals surface area contributed by atoms with Gasteiger partial charge in [-0.1, -0.05) is 6.07 Å². The molecular weight excluding hydrogens is 386 g/mol. The third kappa shape index (κ3) is 3.86. The van der Waals surface area contributed by atoms with Gasteiger partial charge < -0.3 is 24.1 Å². The van der Waals surface area contributed by atoms with Gasteiger partial charge in [-0.2, -0.15) is 0 Å². The number of carbonyl (C=O) groups excluding carboxylic acids is 2. The molecule has 1 aliphatic rings. The topological polar surface area (TPSA) is 88.4 Å². The minimum atomic E-state index is -0.246. The summed E-state index contributed by atoms with van der Waals surface area (Å²) in [7, 11) is 3.12. The van der Waals surface area contributed by atoms with Gasteiger partial charge in [0.1, 0.15) is 23.7 Å². The number of ether oxygens (including phenoxy) is 2. The van der Waals surface area contributed by atoms with Gasteiger partial charge in [0.2, 0.25) is 5.91 Å². The Hall–Kier alpha value is -3.75. The van der Waals surface area contributed by atoms with Gasteiger partial charge in [-0.3, -0.25) is 9.69 Å². The van der Waals surface area contributed by atoms with E-state index < -0.39 is 0 Å². The Morgan fingerprint density at radius 3 is 2.80 bits per heavy atom. The highest BCUT2D eigenvalue weighted by Gasteiger charge is 2.32. The maximum Gasteiger partial charge on any atom is 0.325 e. The number of rotatable bonds is 7. The van der Waals surface area contributed by atoms with Crippen LogP contribution in [0.4, 0.5) is 10.5 Å². The second-order valence-electron chi connectivity index (χ2n) is 6.87. The van der Waals surface area contributed by atoms with Crippen LogP contribution in [0.1, 0.15) is 5.69 Å². The summed E-state index contributed by atoms with van der Waals surface area (Å²) >= 11 is 0. The minimum absolute atomic E-state index is 0.0189. The molecule has 0 aliphatic carbocycles. The van der Waals surface area contributed by atoms with Gasteiger partial charge in [0, 0.05) is 31.5 Å². The zero-order valence-electron chi connectivity index (χ0n) is 16.9. The quantitative estimate of drug-likeness (QED) is 0.644. The third-order valence-corrected chi connectivity index (χ3v) is 4.99. The van der Waals surface area contributed by atoms with Crippen LogP contribution >= 0.6 is 0 Å². The van der Waals surface area contributed by atoms with Crippen molar-refractivity contribution >= 4 is 23.3 Å². The summed E-state index contributed by atoms with van der Waals surface area (Å²) in [6.07, 6.45) is 3.77. The first-order valence-electron chi connectivity index (χ1n) is 9.57. The Balaban J connectivity index is 1.37. The monoisotopic (exact) mass is 409 g/mol. The predicted molar refractivity (Wildman–Crippen MR) is 111 cm³/mol. The Labute approximate surface area is 173 Å². The van der Waals surface area contributed by atoms with Gasteiger partial charge in [-0.15, -0.1) is 0 Å². The highest BCUT2D eigenvalue weighted by Crippen LogP contribution is 2.34. The molecule has 9 heteroatoms. The van der Waals surface area contributed by atoms with Gasteiger partial charge in [-0.05, 0) is 24.3 Å². The van der Waals surface area contributed by atoms with Gasteiger partial charge in [0.05, 0.1) is 32.1 Å². The lowest BCUT2D eigenvalue weighted by molar-refractivity contribution is -0.121. The van der Waals surface area contributed by atoms with Crippen molar-refractivity contribution < 1.29 is 19.1 Å². The SMILES string of the molecule is COc1ccc(OC)c(N2CCN(CC(=O)NCc3cn4ccccc4n3)C2=O)c1. The van der Waals surface area contributed by atoms with Crippen LogP contribution in [0.15, 0.2) is 48.8 Å². The molecule has 3 amide bonds. The molecule has 156 valence electrons. The van der Waals surface area contributed by atoms with E-state index in [0.717, 1.165) is 11.3 Å². The van der Waals surface area contributed by atoms with E-state index in [1.807, 2.05) is 35.0 Å². The fraction of sp³-hybridized carbons (Fsp3) is 0.286. The van der Waals surface area contributed by atoms with E-state index in [1.165, 1.54) is 4.90 Å². The number of urea groups is 1. The number of amides is 3. The summed E-state index contributed by atoms with van der Waals surface area (Å²) in [5.74, 6) is 0.962. The molecule has 0 unspecified atom stereocenters. The number of nitrogens with zero attached hydrogens (tertiary/aromatic N) is 4. The van der Waals surface area contributed by atoms with Crippen LogP contribution in [0.2, 0.25) is 0 Å². The van der Waals surface area contributed by atoms with Crippen molar-refractivity contribution in [3.8, 4) is 11.5 Å². The van der Waals surface area contributed by atoms with Gasteiger partial charge >= 0.3 is 6.03 Å². The number of fused-ring (bicyclic) bond motifs is 1. The highest BCUT2D eigenvalue weighted by molar-refractivity contribution is 5.97. The molecule has 30 heavy (non-hydrogen) atoms. The molecule has 1 saturated heterocycles. The lowest BCUT2D eigenvalue weighted by Gasteiger charge is -2.21. The number of methoxy groups -OCH3 is 2. The van der Waals surface area contributed by atoms with E-state index >= 15 is 0 Å². The van der Waals surface area contributed by atoms with E-state index in [0.29, 0.717) is 36.8 Å². The largest absolute Gasteiger partial charge is 0.497 e. The van der Waals surface area contributed by atoms with Crippen LogP contribution in [0, 0.1) is 0 Å².